The Morgan fingerprint density at radius 1 is 0.288 bits per heavy atom. The predicted octanol–water partition coefficient (Wildman–Crippen LogP) is 18.2. The van der Waals surface area contributed by atoms with Gasteiger partial charge in [0.1, 0.15) is 16.7 Å². The van der Waals surface area contributed by atoms with Crippen molar-refractivity contribution in [1.82, 2.24) is 0 Å². The highest BCUT2D eigenvalue weighted by atomic mass is 16.3. The fourth-order valence-corrected chi connectivity index (χ4v) is 12.8. The van der Waals surface area contributed by atoms with Gasteiger partial charge in [-0.15, -0.1) is 0 Å². The molecule has 0 atom stereocenters. The summed E-state index contributed by atoms with van der Waals surface area (Å²) < 4.78 is 12.6. The van der Waals surface area contributed by atoms with Crippen LogP contribution >= 0.6 is 0 Å². The lowest BCUT2D eigenvalue weighted by Gasteiger charge is -2.35. The maximum Gasteiger partial charge on any atom is 0.135 e. The highest BCUT2D eigenvalue weighted by Crippen LogP contribution is 2.59. The van der Waals surface area contributed by atoms with E-state index in [4.69, 9.17) is 8.83 Å². The van der Waals surface area contributed by atoms with Crippen LogP contribution in [0.5, 0.6) is 0 Å². The molecule has 0 fully saturated rings. The first kappa shape index (κ1) is 41.4. The van der Waals surface area contributed by atoms with Crippen molar-refractivity contribution in [3.8, 4) is 33.4 Å². The van der Waals surface area contributed by atoms with E-state index in [1.807, 2.05) is 6.07 Å². The fourth-order valence-electron chi connectivity index (χ4n) is 12.8. The van der Waals surface area contributed by atoms with Crippen molar-refractivity contribution in [2.24, 2.45) is 0 Å². The molecule has 0 saturated heterocycles. The quantitative estimate of drug-likeness (QED) is 0.152. The van der Waals surface area contributed by atoms with Crippen LogP contribution < -0.4 is 4.90 Å². The molecule has 2 aliphatic carbocycles. The first-order chi connectivity index (χ1) is 36.2. The Kier molecular flexibility index (Phi) is 9.09. The van der Waals surface area contributed by atoms with Crippen LogP contribution in [0.15, 0.2) is 282 Å². The van der Waals surface area contributed by atoms with Gasteiger partial charge in [-0.2, -0.15) is 0 Å². The molecule has 0 radical (unpaired) electrons. The molecule has 2 aliphatic rings. The van der Waals surface area contributed by atoms with Gasteiger partial charge in [0, 0.05) is 33.2 Å². The molecule has 2 heterocycles. The van der Waals surface area contributed by atoms with Crippen molar-refractivity contribution >= 4 is 50.0 Å². The minimum atomic E-state index is -0.548. The van der Waals surface area contributed by atoms with Crippen LogP contribution in [0.2, 0.25) is 0 Å². The highest BCUT2D eigenvalue weighted by molar-refractivity contribution is 6.08. The van der Waals surface area contributed by atoms with Gasteiger partial charge in [0.05, 0.1) is 17.1 Å². The monoisotopic (exact) mass is 931 g/mol. The van der Waals surface area contributed by atoms with Crippen molar-refractivity contribution in [3.63, 3.8) is 0 Å². The molecule has 15 rings (SSSR count). The van der Waals surface area contributed by atoms with Crippen LogP contribution in [-0.4, -0.2) is 0 Å². The maximum absolute atomic E-state index is 6.69. The number of anilines is 3. The average Bonchev–Trinajstić information content (AvgIpc) is 4.28. The molecule has 0 bridgehead atoms. The molecule has 0 unspecified atom stereocenters. The SMILES string of the molecule is c1ccc(C2(c3ccccc3)c3ccccc3-c3ccc(-c4ccc5oc6ccc(N(c7ccc8c(c7)C(c7ccccc7)(c7ccccc7)c7ccccc7-8)c7ccc8occc8c7)cc6c5c4)cc32)cc1. The number of hydrogen-bond donors (Lipinski definition) is 0. The van der Waals surface area contributed by atoms with Gasteiger partial charge >= 0.3 is 0 Å². The van der Waals surface area contributed by atoms with Crippen LogP contribution in [0, 0.1) is 0 Å². The van der Waals surface area contributed by atoms with E-state index in [1.54, 1.807) is 6.26 Å². The summed E-state index contributed by atoms with van der Waals surface area (Å²) in [5.41, 5.74) is 22.0. The maximum atomic E-state index is 6.69. The van der Waals surface area contributed by atoms with Gasteiger partial charge in [-0.3, -0.25) is 0 Å². The van der Waals surface area contributed by atoms with Crippen molar-refractivity contribution < 1.29 is 8.83 Å². The van der Waals surface area contributed by atoms with Gasteiger partial charge in [-0.25, -0.2) is 0 Å². The molecule has 2 aromatic heterocycles. The molecule has 13 aromatic rings. The lowest BCUT2D eigenvalue weighted by Crippen LogP contribution is -2.28. The minimum Gasteiger partial charge on any atom is -0.464 e. The zero-order valence-corrected chi connectivity index (χ0v) is 39.7. The molecule has 0 amide bonds. The molecule has 0 saturated carbocycles. The van der Waals surface area contributed by atoms with Crippen molar-refractivity contribution in [1.29, 1.82) is 0 Å². The van der Waals surface area contributed by atoms with Crippen LogP contribution in [0.25, 0.3) is 66.3 Å². The third kappa shape index (κ3) is 6.00. The topological polar surface area (TPSA) is 29.5 Å². The van der Waals surface area contributed by atoms with Crippen LogP contribution in [-0.2, 0) is 10.8 Å². The number of furan rings is 2. The molecule has 11 aromatic carbocycles. The summed E-state index contributed by atoms with van der Waals surface area (Å²) in [6.07, 6.45) is 1.77. The summed E-state index contributed by atoms with van der Waals surface area (Å²) >= 11 is 0. The predicted molar refractivity (Wildman–Crippen MR) is 298 cm³/mol. The summed E-state index contributed by atoms with van der Waals surface area (Å²) in [6, 6.07) is 97.9. The van der Waals surface area contributed by atoms with Gasteiger partial charge in [0.2, 0.25) is 0 Å². The van der Waals surface area contributed by atoms with Gasteiger partial charge in [0.25, 0.3) is 0 Å². The highest BCUT2D eigenvalue weighted by Gasteiger charge is 2.47. The lowest BCUT2D eigenvalue weighted by atomic mass is 9.67. The zero-order chi connectivity index (χ0) is 48.1. The van der Waals surface area contributed by atoms with Crippen molar-refractivity contribution in [2.75, 3.05) is 4.90 Å². The first-order valence-electron chi connectivity index (χ1n) is 25.1. The van der Waals surface area contributed by atoms with Crippen LogP contribution in [0.4, 0.5) is 17.1 Å². The number of nitrogens with zero attached hydrogens (tertiary/aromatic N) is 1. The summed E-state index contributed by atoms with van der Waals surface area (Å²) in [4.78, 5) is 2.39. The third-order valence-electron chi connectivity index (χ3n) is 15.9. The molecular formula is C70H45NO2. The van der Waals surface area contributed by atoms with E-state index in [1.165, 1.54) is 66.8 Å². The van der Waals surface area contributed by atoms with Gasteiger partial charge in [0.15, 0.2) is 0 Å². The van der Waals surface area contributed by atoms with E-state index in [2.05, 4.69) is 266 Å². The molecule has 342 valence electrons. The third-order valence-corrected chi connectivity index (χ3v) is 15.9. The zero-order valence-electron chi connectivity index (χ0n) is 39.7. The summed E-state index contributed by atoms with van der Waals surface area (Å²) in [5, 5.41) is 3.16. The van der Waals surface area contributed by atoms with Gasteiger partial charge in [-0.1, -0.05) is 194 Å². The first-order valence-corrected chi connectivity index (χ1v) is 25.1. The van der Waals surface area contributed by atoms with E-state index in [0.29, 0.717) is 0 Å². The normalized spacial score (nSPS) is 13.7. The van der Waals surface area contributed by atoms with E-state index in [0.717, 1.165) is 61.1 Å². The largest absolute Gasteiger partial charge is 0.464 e. The van der Waals surface area contributed by atoms with Crippen LogP contribution in [0.1, 0.15) is 44.5 Å². The van der Waals surface area contributed by atoms with Gasteiger partial charge in [-0.05, 0) is 151 Å². The standard InChI is InChI=1S/C70H45NO2/c1-5-17-49(18-6-1)69(50-19-7-2-8-20-50)62-27-15-13-25-56(62)58-34-29-47(43-64(58)69)46-30-36-67-60(42-46)61-44-54(33-38-68(61)73-67)71(53-32-37-66-48(41-53)39-40-72-66)55-31-35-59-57-26-14-16-28-63(57)70(65(59)45-55,51-21-9-3-10-22-51)52-23-11-4-12-24-52/h1-45H. The second-order valence-corrected chi connectivity index (χ2v) is 19.5. The van der Waals surface area contributed by atoms with E-state index < -0.39 is 10.8 Å². The lowest BCUT2D eigenvalue weighted by molar-refractivity contribution is 0.616. The molecule has 0 N–H and O–H groups in total. The Balaban J connectivity index is 0.915. The molecule has 3 nitrogen and oxygen atoms in total. The second-order valence-electron chi connectivity index (χ2n) is 19.5. The number of fused-ring (bicyclic) bond motifs is 10. The van der Waals surface area contributed by atoms with Crippen molar-refractivity contribution in [3.05, 3.63) is 318 Å². The smallest absolute Gasteiger partial charge is 0.135 e. The summed E-state index contributed by atoms with van der Waals surface area (Å²) in [5.74, 6) is 0. The number of hydrogen-bond acceptors (Lipinski definition) is 3. The average molecular weight is 932 g/mol. The van der Waals surface area contributed by atoms with Crippen molar-refractivity contribution in [2.45, 2.75) is 10.8 Å². The van der Waals surface area contributed by atoms with E-state index in [-0.39, 0.29) is 0 Å². The van der Waals surface area contributed by atoms with Crippen LogP contribution in [0.3, 0.4) is 0 Å². The molecule has 3 heteroatoms. The summed E-state index contributed by atoms with van der Waals surface area (Å²) in [7, 11) is 0. The van der Waals surface area contributed by atoms with E-state index >= 15 is 0 Å². The Bertz CT molecular complexity index is 4190. The molecule has 0 spiro atoms. The summed E-state index contributed by atoms with van der Waals surface area (Å²) in [6.45, 7) is 0. The molecular weight excluding hydrogens is 887 g/mol. The molecule has 73 heavy (non-hydrogen) atoms. The van der Waals surface area contributed by atoms with Gasteiger partial charge < -0.3 is 13.7 Å². The Labute approximate surface area is 423 Å². The Morgan fingerprint density at radius 2 is 0.699 bits per heavy atom. The Hall–Kier alpha value is -9.44. The molecule has 0 aliphatic heterocycles. The van der Waals surface area contributed by atoms with E-state index in [9.17, 15) is 0 Å². The number of rotatable bonds is 8. The minimum absolute atomic E-state index is 0.489. The fraction of sp³-hybridized carbons (Fsp3) is 0.0286. The Morgan fingerprint density at radius 3 is 1.29 bits per heavy atom. The number of benzene rings is 11. The second kappa shape index (κ2) is 16.0.